The number of fused-ring (bicyclic) bond motifs is 3. The lowest BCUT2D eigenvalue weighted by atomic mass is 9.97. The van der Waals surface area contributed by atoms with Crippen LogP contribution in [-0.4, -0.2) is 29.7 Å². The fraction of sp³-hybridized carbons (Fsp3) is 0.263. The minimum atomic E-state index is 0.627. The number of hydrogen-bond acceptors (Lipinski definition) is 1. The first-order valence-electron chi connectivity index (χ1n) is 7.57. The molecule has 114 valence electrons. The van der Waals surface area contributed by atoms with Crippen molar-refractivity contribution in [3.05, 3.63) is 60.2 Å². The van der Waals surface area contributed by atoms with E-state index in [1.54, 1.807) is 0 Å². The van der Waals surface area contributed by atoms with Crippen LogP contribution in [0.1, 0.15) is 5.56 Å². The van der Waals surface area contributed by atoms with E-state index in [9.17, 15) is 0 Å². The van der Waals surface area contributed by atoms with Gasteiger partial charge in [-0.3, -0.25) is 4.90 Å². The van der Waals surface area contributed by atoms with E-state index in [0.29, 0.717) is 11.8 Å². The standard InChI is InChI=1S/C19H19Cl2N/c20-9-11-22(12-10-21)14-16-13-15-5-1-2-6-17(15)19-8-4-3-7-18(16)19/h1-8,13H,9-12,14H2. The molecule has 0 aromatic heterocycles. The van der Waals surface area contributed by atoms with E-state index in [4.69, 9.17) is 23.2 Å². The van der Waals surface area contributed by atoms with Crippen LogP contribution in [0.4, 0.5) is 0 Å². The summed E-state index contributed by atoms with van der Waals surface area (Å²) in [6.07, 6.45) is 0. The second-order valence-corrected chi connectivity index (χ2v) is 6.21. The summed E-state index contributed by atoms with van der Waals surface area (Å²) in [6.45, 7) is 2.59. The van der Waals surface area contributed by atoms with Crippen molar-refractivity contribution < 1.29 is 0 Å². The van der Waals surface area contributed by atoms with Crippen LogP contribution in [0.5, 0.6) is 0 Å². The predicted molar refractivity (Wildman–Crippen MR) is 98.2 cm³/mol. The monoisotopic (exact) mass is 331 g/mol. The molecule has 0 N–H and O–H groups in total. The minimum absolute atomic E-state index is 0.627. The highest BCUT2D eigenvalue weighted by atomic mass is 35.5. The highest BCUT2D eigenvalue weighted by Crippen LogP contribution is 2.29. The lowest BCUT2D eigenvalue weighted by molar-refractivity contribution is 0.300. The van der Waals surface area contributed by atoms with Crippen molar-refractivity contribution >= 4 is 44.7 Å². The zero-order valence-electron chi connectivity index (χ0n) is 12.4. The Kier molecular flexibility index (Phi) is 5.20. The Balaban J connectivity index is 2.10. The summed E-state index contributed by atoms with van der Waals surface area (Å²) in [4.78, 5) is 2.32. The molecule has 1 nitrogen and oxygen atoms in total. The zero-order chi connectivity index (χ0) is 15.4. The summed E-state index contributed by atoms with van der Waals surface area (Å²) >= 11 is 11.9. The van der Waals surface area contributed by atoms with Gasteiger partial charge in [0.15, 0.2) is 0 Å². The number of benzene rings is 3. The van der Waals surface area contributed by atoms with Crippen molar-refractivity contribution in [3.8, 4) is 0 Å². The summed E-state index contributed by atoms with van der Waals surface area (Å²) in [7, 11) is 0. The SMILES string of the molecule is ClCCN(CCCl)Cc1cc2ccccc2c2ccccc12. The molecule has 0 heterocycles. The number of nitrogens with zero attached hydrogens (tertiary/aromatic N) is 1. The average molecular weight is 332 g/mol. The van der Waals surface area contributed by atoms with Crippen LogP contribution in [-0.2, 0) is 6.54 Å². The van der Waals surface area contributed by atoms with Crippen LogP contribution in [0.3, 0.4) is 0 Å². The normalized spacial score (nSPS) is 11.6. The predicted octanol–water partition coefficient (Wildman–Crippen LogP) is 5.27. The quantitative estimate of drug-likeness (QED) is 0.439. The van der Waals surface area contributed by atoms with Gasteiger partial charge in [-0.15, -0.1) is 23.2 Å². The zero-order valence-corrected chi connectivity index (χ0v) is 13.9. The Bertz CT molecular complexity index is 764. The molecule has 22 heavy (non-hydrogen) atoms. The first-order valence-corrected chi connectivity index (χ1v) is 8.64. The second kappa shape index (κ2) is 7.32. The molecular weight excluding hydrogens is 313 g/mol. The molecule has 0 atom stereocenters. The van der Waals surface area contributed by atoms with Crippen molar-refractivity contribution in [2.45, 2.75) is 6.54 Å². The molecule has 0 unspecified atom stereocenters. The fourth-order valence-electron chi connectivity index (χ4n) is 3.01. The third-order valence-electron chi connectivity index (χ3n) is 4.05. The van der Waals surface area contributed by atoms with Gasteiger partial charge in [-0.1, -0.05) is 48.5 Å². The molecule has 3 rings (SSSR count). The molecule has 0 aliphatic rings. The van der Waals surface area contributed by atoms with Crippen LogP contribution < -0.4 is 0 Å². The maximum atomic E-state index is 5.93. The van der Waals surface area contributed by atoms with Crippen LogP contribution in [0.15, 0.2) is 54.6 Å². The Morgan fingerprint density at radius 3 is 2.00 bits per heavy atom. The fourth-order valence-corrected chi connectivity index (χ4v) is 3.49. The maximum absolute atomic E-state index is 5.93. The van der Waals surface area contributed by atoms with Gasteiger partial charge in [0, 0.05) is 31.4 Å². The van der Waals surface area contributed by atoms with Crippen LogP contribution in [0.25, 0.3) is 21.5 Å². The first kappa shape index (κ1) is 15.6. The molecule has 0 fully saturated rings. The van der Waals surface area contributed by atoms with E-state index >= 15 is 0 Å². The number of rotatable bonds is 6. The Hall–Kier alpha value is -1.28. The third kappa shape index (κ3) is 3.22. The molecule has 0 radical (unpaired) electrons. The molecule has 0 spiro atoms. The first-order chi connectivity index (χ1) is 10.8. The Morgan fingerprint density at radius 1 is 0.727 bits per heavy atom. The molecule has 3 aromatic rings. The van der Waals surface area contributed by atoms with E-state index in [0.717, 1.165) is 19.6 Å². The molecule has 0 bridgehead atoms. The summed E-state index contributed by atoms with van der Waals surface area (Å²) in [5, 5.41) is 5.22. The average Bonchev–Trinajstić information content (AvgIpc) is 2.55. The number of alkyl halides is 2. The van der Waals surface area contributed by atoms with E-state index < -0.39 is 0 Å². The van der Waals surface area contributed by atoms with Gasteiger partial charge in [0.2, 0.25) is 0 Å². The summed E-state index contributed by atoms with van der Waals surface area (Å²) in [6, 6.07) is 19.5. The second-order valence-electron chi connectivity index (χ2n) is 5.46. The Morgan fingerprint density at radius 2 is 1.32 bits per heavy atom. The van der Waals surface area contributed by atoms with Gasteiger partial charge in [0.05, 0.1) is 0 Å². The van der Waals surface area contributed by atoms with E-state index in [1.165, 1.54) is 27.1 Å². The third-order valence-corrected chi connectivity index (χ3v) is 4.39. The van der Waals surface area contributed by atoms with Crippen LogP contribution >= 0.6 is 23.2 Å². The van der Waals surface area contributed by atoms with Gasteiger partial charge >= 0.3 is 0 Å². The number of halogens is 2. The van der Waals surface area contributed by atoms with Crippen LogP contribution in [0, 0.1) is 0 Å². The molecular formula is C19H19Cl2N. The molecule has 0 saturated carbocycles. The maximum Gasteiger partial charge on any atom is 0.0351 e. The molecule has 0 aliphatic carbocycles. The van der Waals surface area contributed by atoms with Crippen molar-refractivity contribution in [1.29, 1.82) is 0 Å². The lowest BCUT2D eigenvalue weighted by Crippen LogP contribution is -2.27. The highest BCUT2D eigenvalue weighted by molar-refractivity contribution is 6.18. The topological polar surface area (TPSA) is 3.24 Å². The van der Waals surface area contributed by atoms with Crippen LogP contribution in [0.2, 0.25) is 0 Å². The summed E-state index contributed by atoms with van der Waals surface area (Å²) in [5.74, 6) is 1.25. The molecule has 0 saturated heterocycles. The van der Waals surface area contributed by atoms with E-state index in [2.05, 4.69) is 59.5 Å². The Labute approximate surface area is 141 Å². The van der Waals surface area contributed by atoms with Gasteiger partial charge in [-0.25, -0.2) is 0 Å². The van der Waals surface area contributed by atoms with Crippen molar-refractivity contribution in [2.75, 3.05) is 24.8 Å². The summed E-state index contributed by atoms with van der Waals surface area (Å²) < 4.78 is 0. The van der Waals surface area contributed by atoms with Gasteiger partial charge < -0.3 is 0 Å². The van der Waals surface area contributed by atoms with Crippen molar-refractivity contribution in [3.63, 3.8) is 0 Å². The van der Waals surface area contributed by atoms with Gasteiger partial charge in [-0.05, 0) is 33.2 Å². The van der Waals surface area contributed by atoms with Crippen molar-refractivity contribution in [2.24, 2.45) is 0 Å². The van der Waals surface area contributed by atoms with Gasteiger partial charge in [0.1, 0.15) is 0 Å². The summed E-state index contributed by atoms with van der Waals surface area (Å²) in [5.41, 5.74) is 1.34. The van der Waals surface area contributed by atoms with E-state index in [-0.39, 0.29) is 0 Å². The molecule has 3 heteroatoms. The minimum Gasteiger partial charge on any atom is -0.297 e. The molecule has 0 aliphatic heterocycles. The molecule has 0 amide bonds. The largest absolute Gasteiger partial charge is 0.297 e. The molecule has 3 aromatic carbocycles. The lowest BCUT2D eigenvalue weighted by Gasteiger charge is -2.21. The van der Waals surface area contributed by atoms with Gasteiger partial charge in [-0.2, -0.15) is 0 Å². The highest BCUT2D eigenvalue weighted by Gasteiger charge is 2.10. The number of hydrogen-bond donors (Lipinski definition) is 0. The van der Waals surface area contributed by atoms with Crippen molar-refractivity contribution in [1.82, 2.24) is 4.90 Å². The van der Waals surface area contributed by atoms with E-state index in [1.807, 2.05) is 0 Å². The smallest absolute Gasteiger partial charge is 0.0351 e. The van der Waals surface area contributed by atoms with Gasteiger partial charge in [0.25, 0.3) is 0 Å².